The lowest BCUT2D eigenvalue weighted by molar-refractivity contribution is 0.0964. The summed E-state index contributed by atoms with van der Waals surface area (Å²) in [6, 6.07) is 20.4. The van der Waals surface area contributed by atoms with Crippen molar-refractivity contribution >= 4 is 27.5 Å². The highest BCUT2D eigenvalue weighted by molar-refractivity contribution is 7.85. The number of carbonyl (C=O) groups excluding carboxylic acids is 1. The summed E-state index contributed by atoms with van der Waals surface area (Å²) >= 11 is 0. The van der Waals surface area contributed by atoms with Crippen molar-refractivity contribution in [1.29, 1.82) is 0 Å². The van der Waals surface area contributed by atoms with Crippen molar-refractivity contribution in [2.75, 3.05) is 7.05 Å². The Kier molecular flexibility index (Phi) is 4.02. The number of fused-ring (bicyclic) bond motifs is 1. The molecule has 0 aromatic heterocycles. The standard InChI is InChI=1S/C18H15NO2S/c1-19-18(20)15-11-5-7-13-8-6-12-16(17(13)15)22(21)14-9-3-2-4-10-14/h2-12H,1H3,(H,19,20). The van der Waals surface area contributed by atoms with Gasteiger partial charge in [0, 0.05) is 22.9 Å². The van der Waals surface area contributed by atoms with Gasteiger partial charge in [-0.1, -0.05) is 42.5 Å². The van der Waals surface area contributed by atoms with Gasteiger partial charge in [0.25, 0.3) is 5.91 Å². The van der Waals surface area contributed by atoms with Crippen LogP contribution in [-0.2, 0) is 10.8 Å². The molecule has 0 aliphatic carbocycles. The Hall–Kier alpha value is -2.46. The second-order valence-electron chi connectivity index (χ2n) is 4.82. The number of carbonyl (C=O) groups is 1. The van der Waals surface area contributed by atoms with Crippen LogP contribution in [0.15, 0.2) is 76.5 Å². The largest absolute Gasteiger partial charge is 0.355 e. The lowest BCUT2D eigenvalue weighted by Gasteiger charge is -2.11. The van der Waals surface area contributed by atoms with Gasteiger partial charge in [-0.25, -0.2) is 4.21 Å². The lowest BCUT2D eigenvalue weighted by Crippen LogP contribution is -2.18. The predicted octanol–water partition coefficient (Wildman–Crippen LogP) is 3.37. The van der Waals surface area contributed by atoms with Gasteiger partial charge >= 0.3 is 0 Å². The molecule has 3 aromatic rings. The molecule has 110 valence electrons. The number of hydrogen-bond acceptors (Lipinski definition) is 2. The van der Waals surface area contributed by atoms with E-state index in [1.54, 1.807) is 13.1 Å². The lowest BCUT2D eigenvalue weighted by atomic mass is 10.0. The third kappa shape index (κ3) is 2.53. The summed E-state index contributed by atoms with van der Waals surface area (Å²) in [5.41, 5.74) is 0.542. The Morgan fingerprint density at radius 3 is 2.27 bits per heavy atom. The van der Waals surface area contributed by atoms with E-state index in [1.807, 2.05) is 60.7 Å². The summed E-state index contributed by atoms with van der Waals surface area (Å²) in [5, 5.41) is 4.29. The van der Waals surface area contributed by atoms with E-state index in [-0.39, 0.29) is 5.91 Å². The van der Waals surface area contributed by atoms with E-state index in [9.17, 15) is 9.00 Å². The molecule has 22 heavy (non-hydrogen) atoms. The number of benzene rings is 3. The zero-order chi connectivity index (χ0) is 15.5. The van der Waals surface area contributed by atoms with E-state index >= 15 is 0 Å². The summed E-state index contributed by atoms with van der Waals surface area (Å²) in [6.45, 7) is 0. The molecule has 3 rings (SSSR count). The van der Waals surface area contributed by atoms with Gasteiger partial charge in [-0.2, -0.15) is 0 Å². The predicted molar refractivity (Wildman–Crippen MR) is 88.5 cm³/mol. The monoisotopic (exact) mass is 309 g/mol. The van der Waals surface area contributed by atoms with Crippen LogP contribution in [-0.4, -0.2) is 17.2 Å². The Morgan fingerprint density at radius 1 is 0.909 bits per heavy atom. The van der Waals surface area contributed by atoms with E-state index in [0.717, 1.165) is 15.7 Å². The summed E-state index contributed by atoms with van der Waals surface area (Å²) < 4.78 is 12.9. The van der Waals surface area contributed by atoms with E-state index in [4.69, 9.17) is 0 Å². The van der Waals surface area contributed by atoms with Crippen molar-refractivity contribution < 1.29 is 9.00 Å². The molecule has 1 unspecified atom stereocenters. The molecule has 4 heteroatoms. The highest BCUT2D eigenvalue weighted by Gasteiger charge is 2.16. The smallest absolute Gasteiger partial charge is 0.251 e. The van der Waals surface area contributed by atoms with E-state index in [1.165, 1.54) is 0 Å². The Bertz CT molecular complexity index is 854. The number of amides is 1. The highest BCUT2D eigenvalue weighted by Crippen LogP contribution is 2.28. The first-order chi connectivity index (χ1) is 10.7. The third-order valence-corrected chi connectivity index (χ3v) is 4.94. The maximum atomic E-state index is 12.9. The van der Waals surface area contributed by atoms with Crippen molar-refractivity contribution in [3.05, 3.63) is 72.3 Å². The minimum atomic E-state index is -1.33. The normalized spacial score (nSPS) is 12.0. The van der Waals surface area contributed by atoms with E-state index in [0.29, 0.717) is 10.5 Å². The Labute approximate surface area is 131 Å². The van der Waals surface area contributed by atoms with Crippen LogP contribution in [0, 0.1) is 0 Å². The van der Waals surface area contributed by atoms with Gasteiger partial charge in [0.2, 0.25) is 0 Å². The molecule has 0 heterocycles. The molecule has 1 N–H and O–H groups in total. The van der Waals surface area contributed by atoms with Crippen LogP contribution in [0.1, 0.15) is 10.4 Å². The van der Waals surface area contributed by atoms with Crippen LogP contribution < -0.4 is 5.32 Å². The molecule has 0 spiro atoms. The Balaban J connectivity index is 2.26. The molecule has 1 atom stereocenters. The fourth-order valence-electron chi connectivity index (χ4n) is 2.46. The van der Waals surface area contributed by atoms with Crippen LogP contribution in [0.4, 0.5) is 0 Å². The summed E-state index contributed by atoms with van der Waals surface area (Å²) in [7, 11) is 0.265. The van der Waals surface area contributed by atoms with Crippen LogP contribution in [0.25, 0.3) is 10.8 Å². The first-order valence-electron chi connectivity index (χ1n) is 6.93. The second kappa shape index (κ2) is 6.12. The maximum absolute atomic E-state index is 12.9. The topological polar surface area (TPSA) is 46.2 Å². The van der Waals surface area contributed by atoms with Crippen LogP contribution in [0.2, 0.25) is 0 Å². The quantitative estimate of drug-likeness (QED) is 0.806. The average molecular weight is 309 g/mol. The van der Waals surface area contributed by atoms with Gasteiger partial charge in [-0.3, -0.25) is 4.79 Å². The molecule has 3 aromatic carbocycles. The van der Waals surface area contributed by atoms with Crippen molar-refractivity contribution in [3.63, 3.8) is 0 Å². The van der Waals surface area contributed by atoms with E-state index < -0.39 is 10.8 Å². The van der Waals surface area contributed by atoms with Gasteiger partial charge in [-0.05, 0) is 29.7 Å². The Morgan fingerprint density at radius 2 is 1.59 bits per heavy atom. The zero-order valence-electron chi connectivity index (χ0n) is 12.1. The fourth-order valence-corrected chi connectivity index (χ4v) is 3.73. The van der Waals surface area contributed by atoms with Crippen molar-refractivity contribution in [1.82, 2.24) is 5.32 Å². The molecule has 0 saturated heterocycles. The molecule has 1 amide bonds. The minimum absolute atomic E-state index is 0.178. The summed E-state index contributed by atoms with van der Waals surface area (Å²) in [4.78, 5) is 13.5. The summed E-state index contributed by atoms with van der Waals surface area (Å²) in [5.74, 6) is -0.178. The van der Waals surface area contributed by atoms with Gasteiger partial charge in [0.15, 0.2) is 0 Å². The minimum Gasteiger partial charge on any atom is -0.355 e. The molecule has 0 aliphatic heterocycles. The van der Waals surface area contributed by atoms with E-state index in [2.05, 4.69) is 5.32 Å². The fraction of sp³-hybridized carbons (Fsp3) is 0.0556. The first-order valence-corrected chi connectivity index (χ1v) is 8.08. The van der Waals surface area contributed by atoms with Gasteiger partial charge in [0.05, 0.1) is 15.7 Å². The molecule has 0 radical (unpaired) electrons. The number of nitrogens with one attached hydrogen (secondary N) is 1. The van der Waals surface area contributed by atoms with Crippen LogP contribution in [0.5, 0.6) is 0 Å². The first kappa shape index (κ1) is 14.5. The van der Waals surface area contributed by atoms with Crippen LogP contribution in [0.3, 0.4) is 0 Å². The van der Waals surface area contributed by atoms with Crippen molar-refractivity contribution in [3.8, 4) is 0 Å². The number of rotatable bonds is 3. The molecular formula is C18H15NO2S. The third-order valence-electron chi connectivity index (χ3n) is 3.50. The van der Waals surface area contributed by atoms with Gasteiger partial charge in [-0.15, -0.1) is 0 Å². The molecule has 3 nitrogen and oxygen atoms in total. The SMILES string of the molecule is CNC(=O)c1cccc2cccc(S(=O)c3ccccc3)c12. The van der Waals surface area contributed by atoms with Crippen molar-refractivity contribution in [2.24, 2.45) is 0 Å². The van der Waals surface area contributed by atoms with Crippen molar-refractivity contribution in [2.45, 2.75) is 9.79 Å². The summed E-state index contributed by atoms with van der Waals surface area (Å²) in [6.07, 6.45) is 0. The van der Waals surface area contributed by atoms with Gasteiger partial charge < -0.3 is 5.32 Å². The number of hydrogen-bond donors (Lipinski definition) is 1. The van der Waals surface area contributed by atoms with Gasteiger partial charge in [0.1, 0.15) is 0 Å². The average Bonchev–Trinajstić information content (AvgIpc) is 2.60. The molecule has 0 aliphatic rings. The molecular weight excluding hydrogens is 294 g/mol. The molecule has 0 bridgehead atoms. The highest BCUT2D eigenvalue weighted by atomic mass is 32.2. The second-order valence-corrected chi connectivity index (χ2v) is 6.27. The van der Waals surface area contributed by atoms with Crippen LogP contribution >= 0.6 is 0 Å². The molecule has 0 saturated carbocycles. The molecule has 0 fully saturated rings. The zero-order valence-corrected chi connectivity index (χ0v) is 12.9. The maximum Gasteiger partial charge on any atom is 0.251 e.